The van der Waals surface area contributed by atoms with Gasteiger partial charge in [-0.15, -0.1) is 0 Å². The van der Waals surface area contributed by atoms with Gasteiger partial charge in [-0.3, -0.25) is 0 Å². The fraction of sp³-hybridized carbons (Fsp3) is 0.381. The molecule has 1 fully saturated rings. The summed E-state index contributed by atoms with van der Waals surface area (Å²) in [6, 6.07) is 16.5. The molecule has 2 heterocycles. The molecule has 4 heteroatoms. The van der Waals surface area contributed by atoms with E-state index in [2.05, 4.69) is 39.8 Å². The summed E-state index contributed by atoms with van der Waals surface area (Å²) in [5.74, 6) is 1.18. The van der Waals surface area contributed by atoms with Crippen molar-refractivity contribution in [1.29, 1.82) is 0 Å². The van der Waals surface area contributed by atoms with Gasteiger partial charge in [-0.1, -0.05) is 35.9 Å². The predicted octanol–water partition coefficient (Wildman–Crippen LogP) is 4.77. The number of fused-ring (bicyclic) bond motifs is 1. The molecule has 3 nitrogen and oxygen atoms in total. The quantitative estimate of drug-likeness (QED) is 0.636. The Morgan fingerprint density at radius 1 is 1.00 bits per heavy atom. The van der Waals surface area contributed by atoms with Crippen LogP contribution in [0.25, 0.3) is 11.0 Å². The van der Waals surface area contributed by atoms with Gasteiger partial charge in [-0.2, -0.15) is 0 Å². The minimum absolute atomic E-state index is 0.789. The highest BCUT2D eigenvalue weighted by Gasteiger charge is 2.14. The first-order valence-corrected chi connectivity index (χ1v) is 9.58. The average molecular weight is 354 g/mol. The third-order valence-corrected chi connectivity index (χ3v) is 5.27. The predicted molar refractivity (Wildman–Crippen MR) is 104 cm³/mol. The monoisotopic (exact) mass is 353 g/mol. The molecule has 0 spiro atoms. The maximum atomic E-state index is 6.17. The number of rotatable bonds is 6. The largest absolute Gasteiger partial charge is 0.323 e. The Balaban J connectivity index is 1.56. The molecule has 0 amide bonds. The van der Waals surface area contributed by atoms with E-state index >= 15 is 0 Å². The third kappa shape index (κ3) is 3.88. The topological polar surface area (TPSA) is 21.1 Å². The molecule has 0 atom stereocenters. The number of hydrogen-bond donors (Lipinski definition) is 0. The Morgan fingerprint density at radius 3 is 2.68 bits per heavy atom. The summed E-state index contributed by atoms with van der Waals surface area (Å²) in [7, 11) is 0. The Labute approximate surface area is 154 Å². The number of imidazole rings is 1. The van der Waals surface area contributed by atoms with Gasteiger partial charge < -0.3 is 9.47 Å². The summed E-state index contributed by atoms with van der Waals surface area (Å²) in [5.41, 5.74) is 3.51. The number of aromatic nitrogens is 2. The maximum Gasteiger partial charge on any atom is 0.110 e. The lowest BCUT2D eigenvalue weighted by Gasteiger charge is -2.14. The number of likely N-dealkylation sites (tertiary alicyclic amines) is 1. The first-order chi connectivity index (χ1) is 12.3. The van der Waals surface area contributed by atoms with Crippen LogP contribution in [0.1, 0.15) is 30.7 Å². The molecule has 2 aromatic carbocycles. The van der Waals surface area contributed by atoms with Gasteiger partial charge in [0.15, 0.2) is 0 Å². The number of benzene rings is 2. The zero-order chi connectivity index (χ0) is 17.1. The molecule has 4 rings (SSSR count). The Morgan fingerprint density at radius 2 is 1.84 bits per heavy atom. The molecule has 0 saturated carbocycles. The maximum absolute atomic E-state index is 6.17. The van der Waals surface area contributed by atoms with Gasteiger partial charge in [-0.05, 0) is 68.7 Å². The van der Waals surface area contributed by atoms with Gasteiger partial charge in [-0.25, -0.2) is 4.98 Å². The Bertz CT molecular complexity index is 849. The first kappa shape index (κ1) is 16.6. The van der Waals surface area contributed by atoms with Crippen LogP contribution in [-0.4, -0.2) is 34.1 Å². The molecule has 1 aliphatic rings. The van der Waals surface area contributed by atoms with Gasteiger partial charge in [0, 0.05) is 18.0 Å². The van der Waals surface area contributed by atoms with Crippen molar-refractivity contribution >= 4 is 22.6 Å². The van der Waals surface area contributed by atoms with Crippen molar-refractivity contribution in [3.63, 3.8) is 0 Å². The van der Waals surface area contributed by atoms with Crippen LogP contribution >= 0.6 is 11.6 Å². The zero-order valence-corrected chi connectivity index (χ0v) is 15.3. The minimum Gasteiger partial charge on any atom is -0.323 e. The van der Waals surface area contributed by atoms with Crippen LogP contribution in [0.2, 0.25) is 5.02 Å². The van der Waals surface area contributed by atoms with Crippen molar-refractivity contribution in [2.75, 3.05) is 19.6 Å². The van der Waals surface area contributed by atoms with E-state index in [1.165, 1.54) is 55.8 Å². The van der Waals surface area contributed by atoms with Crippen LogP contribution in [0.15, 0.2) is 48.5 Å². The molecule has 1 aromatic heterocycles. The second kappa shape index (κ2) is 7.59. The zero-order valence-electron chi connectivity index (χ0n) is 14.5. The third-order valence-electron chi connectivity index (χ3n) is 5.04. The van der Waals surface area contributed by atoms with E-state index in [4.69, 9.17) is 16.6 Å². The number of aryl methyl sites for hydroxylation is 1. The molecular weight excluding hydrogens is 330 g/mol. The van der Waals surface area contributed by atoms with Crippen LogP contribution in [0.4, 0.5) is 0 Å². The van der Waals surface area contributed by atoms with Crippen LogP contribution < -0.4 is 0 Å². The fourth-order valence-electron chi connectivity index (χ4n) is 3.78. The molecular formula is C21H24ClN3. The second-order valence-corrected chi connectivity index (χ2v) is 7.32. The van der Waals surface area contributed by atoms with E-state index in [-0.39, 0.29) is 0 Å². The number of nitrogens with zero attached hydrogens (tertiary/aromatic N) is 3. The van der Waals surface area contributed by atoms with Crippen LogP contribution in [0.3, 0.4) is 0 Å². The van der Waals surface area contributed by atoms with E-state index in [0.717, 1.165) is 23.5 Å². The van der Waals surface area contributed by atoms with Gasteiger partial charge in [0.25, 0.3) is 0 Å². The highest BCUT2D eigenvalue weighted by atomic mass is 35.5. The second-order valence-electron chi connectivity index (χ2n) is 6.89. The summed E-state index contributed by atoms with van der Waals surface area (Å²) in [4.78, 5) is 7.48. The van der Waals surface area contributed by atoms with E-state index in [0.29, 0.717) is 0 Å². The van der Waals surface area contributed by atoms with Gasteiger partial charge >= 0.3 is 0 Å². The Kier molecular flexibility index (Phi) is 5.04. The highest BCUT2D eigenvalue weighted by molar-refractivity contribution is 6.30. The van der Waals surface area contributed by atoms with Crippen LogP contribution in [0, 0.1) is 0 Å². The van der Waals surface area contributed by atoms with E-state index in [1.807, 2.05) is 18.2 Å². The van der Waals surface area contributed by atoms with Crippen molar-refractivity contribution in [1.82, 2.24) is 14.5 Å². The summed E-state index contributed by atoms with van der Waals surface area (Å²) in [6.45, 7) is 4.53. The SMILES string of the molecule is Clc1cccc(Cn2c(CCCN3CCCC3)nc3ccccc32)c1. The lowest BCUT2D eigenvalue weighted by Crippen LogP contribution is -2.21. The lowest BCUT2D eigenvalue weighted by molar-refractivity contribution is 0.332. The molecule has 0 radical (unpaired) electrons. The van der Waals surface area contributed by atoms with Gasteiger partial charge in [0.2, 0.25) is 0 Å². The molecule has 25 heavy (non-hydrogen) atoms. The molecule has 130 valence electrons. The smallest absolute Gasteiger partial charge is 0.110 e. The van der Waals surface area contributed by atoms with Crippen molar-refractivity contribution in [2.45, 2.75) is 32.2 Å². The van der Waals surface area contributed by atoms with E-state index < -0.39 is 0 Å². The Hall–Kier alpha value is -1.84. The molecule has 0 N–H and O–H groups in total. The molecule has 0 bridgehead atoms. The average Bonchev–Trinajstić information content (AvgIpc) is 3.24. The number of hydrogen-bond acceptors (Lipinski definition) is 2. The van der Waals surface area contributed by atoms with Gasteiger partial charge in [0.05, 0.1) is 11.0 Å². The van der Waals surface area contributed by atoms with E-state index in [9.17, 15) is 0 Å². The summed E-state index contributed by atoms with van der Waals surface area (Å²) >= 11 is 6.17. The van der Waals surface area contributed by atoms with Crippen LogP contribution in [0.5, 0.6) is 0 Å². The minimum atomic E-state index is 0.789. The van der Waals surface area contributed by atoms with Crippen molar-refractivity contribution in [3.8, 4) is 0 Å². The lowest BCUT2D eigenvalue weighted by atomic mass is 10.2. The normalized spacial score (nSPS) is 15.2. The van der Waals surface area contributed by atoms with E-state index in [1.54, 1.807) is 0 Å². The van der Waals surface area contributed by atoms with Crippen molar-refractivity contribution < 1.29 is 0 Å². The van der Waals surface area contributed by atoms with Crippen molar-refractivity contribution in [3.05, 3.63) is 64.9 Å². The first-order valence-electron chi connectivity index (χ1n) is 9.20. The molecule has 0 aliphatic carbocycles. The molecule has 1 saturated heterocycles. The standard InChI is InChI=1S/C21H24ClN3/c22-18-8-5-7-17(15-18)16-25-20-10-2-1-9-19(20)23-21(25)11-6-14-24-12-3-4-13-24/h1-2,5,7-10,15H,3-4,6,11-14,16H2. The number of para-hydroxylation sites is 2. The summed E-state index contributed by atoms with van der Waals surface area (Å²) in [6.07, 6.45) is 4.89. The number of halogens is 1. The summed E-state index contributed by atoms with van der Waals surface area (Å²) in [5, 5.41) is 0.789. The van der Waals surface area contributed by atoms with Gasteiger partial charge in [0.1, 0.15) is 5.82 Å². The highest BCUT2D eigenvalue weighted by Crippen LogP contribution is 2.20. The van der Waals surface area contributed by atoms with Crippen molar-refractivity contribution in [2.24, 2.45) is 0 Å². The molecule has 3 aromatic rings. The van der Waals surface area contributed by atoms with Crippen LogP contribution in [-0.2, 0) is 13.0 Å². The fourth-order valence-corrected chi connectivity index (χ4v) is 3.99. The molecule has 1 aliphatic heterocycles. The summed E-state index contributed by atoms with van der Waals surface area (Å²) < 4.78 is 2.35. The molecule has 0 unspecified atom stereocenters.